The van der Waals surface area contributed by atoms with Gasteiger partial charge in [-0.25, -0.2) is 29.9 Å². The first-order valence-electron chi connectivity index (χ1n) is 44.5. The molecule has 27 aromatic rings. The second-order valence-corrected chi connectivity index (χ2v) is 34.2. The van der Waals surface area contributed by atoms with Crippen molar-refractivity contribution in [2.45, 2.75) is 0 Å². The Labute approximate surface area is 758 Å². The quantitative estimate of drug-likeness (QED) is 0.130. The van der Waals surface area contributed by atoms with Gasteiger partial charge in [0.2, 0.25) is 0 Å². The van der Waals surface area contributed by atoms with E-state index in [-0.39, 0.29) is 0 Å². The van der Waals surface area contributed by atoms with E-state index in [4.69, 9.17) is 29.9 Å². The summed E-state index contributed by atoms with van der Waals surface area (Å²) in [5, 5.41) is 33.7. The molecule has 0 aliphatic rings. The van der Waals surface area contributed by atoms with Gasteiger partial charge in [-0.3, -0.25) is 15.0 Å². The lowest BCUT2D eigenvalue weighted by molar-refractivity contribution is 1.18. The lowest BCUT2D eigenvalue weighted by Crippen LogP contribution is -1.96. The predicted molar refractivity (Wildman–Crippen MR) is 551 cm³/mol. The minimum atomic E-state index is 0.683. The number of rotatable bonds is 9. The van der Waals surface area contributed by atoms with Crippen LogP contribution in [0, 0.1) is 0 Å². The molecule has 0 bridgehead atoms. The van der Waals surface area contributed by atoms with Gasteiger partial charge >= 0.3 is 0 Å². The summed E-state index contributed by atoms with van der Waals surface area (Å²) in [7, 11) is 0. The van der Waals surface area contributed by atoms with Gasteiger partial charge in [0.15, 0.2) is 17.5 Å². The fraction of sp³-hybridized carbons (Fsp3) is 0. The van der Waals surface area contributed by atoms with Gasteiger partial charge in [0.1, 0.15) is 0 Å². The van der Waals surface area contributed by atoms with E-state index < -0.39 is 0 Å². The molecule has 0 aliphatic heterocycles. The fourth-order valence-electron chi connectivity index (χ4n) is 18.9. The van der Waals surface area contributed by atoms with Crippen molar-refractivity contribution in [2.75, 3.05) is 0 Å². The molecular weight excluding hydrogens is 1600 g/mol. The fourth-order valence-corrected chi connectivity index (χ4v) is 18.9. The van der Waals surface area contributed by atoms with Gasteiger partial charge in [-0.1, -0.05) is 255 Å². The van der Waals surface area contributed by atoms with Crippen molar-refractivity contribution >= 4 is 162 Å². The first-order chi connectivity index (χ1) is 65.2. The zero-order chi connectivity index (χ0) is 87.1. The van der Waals surface area contributed by atoms with Gasteiger partial charge < -0.3 is 0 Å². The van der Waals surface area contributed by atoms with Gasteiger partial charge in [-0.2, -0.15) is 0 Å². The Morgan fingerprint density at radius 2 is 0.333 bits per heavy atom. The zero-order valence-corrected chi connectivity index (χ0v) is 71.3. The maximum absolute atomic E-state index is 5.15. The van der Waals surface area contributed by atoms with E-state index in [9.17, 15) is 0 Å². The largest absolute Gasteiger partial charge is 0.264 e. The smallest absolute Gasteiger partial charge is 0.160 e. The van der Waals surface area contributed by atoms with Crippen LogP contribution in [-0.4, -0.2) is 44.9 Å². The highest BCUT2D eigenvalue weighted by molar-refractivity contribution is 6.07. The molecule has 0 unspecified atom stereocenters. The highest BCUT2D eigenvalue weighted by atomic mass is 14.9. The molecule has 0 fully saturated rings. The third kappa shape index (κ3) is 14.8. The normalized spacial score (nSPS) is 11.6. The molecule has 21 aromatic carbocycles. The van der Waals surface area contributed by atoms with Crippen LogP contribution < -0.4 is 0 Å². The van der Waals surface area contributed by atoms with Crippen LogP contribution in [0.2, 0.25) is 0 Å². The molecule has 0 aliphatic carbocycles. The molecule has 0 radical (unpaired) electrons. The van der Waals surface area contributed by atoms with Crippen LogP contribution in [0.15, 0.2) is 455 Å². The number of pyridine rings is 3. The molecule has 0 saturated heterocycles. The maximum atomic E-state index is 5.15. The lowest BCUT2D eigenvalue weighted by Gasteiger charge is -2.12. The van der Waals surface area contributed by atoms with Gasteiger partial charge in [-0.05, 0) is 311 Å². The molecule has 6 heterocycles. The molecule has 0 spiro atoms. The second kappa shape index (κ2) is 32.3. The van der Waals surface area contributed by atoms with Gasteiger partial charge in [0.05, 0.1) is 45.2 Å². The average Bonchev–Trinajstić information content (AvgIpc) is 0.768. The summed E-state index contributed by atoms with van der Waals surface area (Å²) in [6, 6.07) is 153. The summed E-state index contributed by atoms with van der Waals surface area (Å²) in [5.41, 5.74) is 16.5. The van der Waals surface area contributed by atoms with E-state index in [1.165, 1.54) is 129 Å². The van der Waals surface area contributed by atoms with Gasteiger partial charge in [-0.15, -0.1) is 0 Å². The van der Waals surface area contributed by atoms with E-state index in [2.05, 4.69) is 421 Å². The second-order valence-electron chi connectivity index (χ2n) is 34.2. The Hall–Kier alpha value is -17.8. The summed E-state index contributed by atoms with van der Waals surface area (Å²) >= 11 is 0. The Morgan fingerprint density at radius 1 is 0.121 bits per heavy atom. The Bertz CT molecular complexity index is 8150. The van der Waals surface area contributed by atoms with Crippen LogP contribution in [-0.2, 0) is 0 Å². The number of aromatic nitrogens is 9. The molecule has 0 saturated carbocycles. The molecule has 27 rings (SSSR count). The molecule has 132 heavy (non-hydrogen) atoms. The first kappa shape index (κ1) is 76.6. The highest BCUT2D eigenvalue weighted by Crippen LogP contribution is 2.41. The van der Waals surface area contributed by atoms with E-state index in [0.29, 0.717) is 17.5 Å². The van der Waals surface area contributed by atoms with E-state index >= 15 is 0 Å². The Balaban J connectivity index is 0.000000106. The Morgan fingerprint density at radius 3 is 0.644 bits per heavy atom. The van der Waals surface area contributed by atoms with Crippen molar-refractivity contribution < 1.29 is 0 Å². The van der Waals surface area contributed by atoms with Crippen molar-refractivity contribution in [1.29, 1.82) is 0 Å². The van der Waals surface area contributed by atoms with E-state index in [1.54, 1.807) is 0 Å². The number of hydrogen-bond donors (Lipinski definition) is 0. The maximum Gasteiger partial charge on any atom is 0.160 e. The molecular formula is C123H75N9. The third-order valence-electron chi connectivity index (χ3n) is 25.8. The summed E-state index contributed by atoms with van der Waals surface area (Å²) < 4.78 is 0. The SMILES string of the molecule is c1ccc2cc3cc(-c4cc(-c5ccc6cc7ccccc7cc6c5)nc(-c5ccc6cccnc6c5)n4)ccc3cc2c1.c1ccc2cc3cc(-c4cc(-c5ccc6cc7ccccc7cc6c5)nc(-c5ccc6cnccc6c5)n4)ccc3cc2c1.c1ccc2cc3cc(-c4cc(-c5ccc6cc7ccccc7cc6c5)nc(-c5ccc6ncccc6c5)n4)ccc3cc2c1. The summed E-state index contributed by atoms with van der Waals surface area (Å²) in [6.07, 6.45) is 7.36. The number of benzene rings is 21. The standard InChI is InChI=1S/3C41H25N3/c1-3-8-29-20-36-22-33(14-12-31(36)18-27(29)6-1)39-25-40(44-41(43-39)35-16-11-26-10-5-17-42-38(26)24-35)34-15-13-32-19-28-7-2-4-9-30(28)21-37(32)23-34;1-3-8-28-20-36-23-33(13-11-30(36)18-26(28)6-1)39-25-40(44-41(43-39)35-15-16-38-32(22-35)10-5-17-42-38)34-14-12-31-19-27-7-2-4-9-29(27)21-37(31)24-34;1-3-7-28-20-37-22-33(11-9-30(37)17-26(28)5-1)39-24-40(44-41(43-39)35-13-14-36-25-42-16-15-32(36)19-35)34-12-10-31-18-27-6-2-4-8-29(27)21-38(31)23-34/h3*1-25H. The predicted octanol–water partition coefficient (Wildman–Crippen LogP) is 31.9. The molecule has 0 N–H and O–H groups in total. The molecule has 9 heteroatoms. The molecule has 6 aromatic heterocycles. The van der Waals surface area contributed by atoms with Crippen LogP contribution in [0.4, 0.5) is 0 Å². The van der Waals surface area contributed by atoms with Crippen molar-refractivity contribution in [3.63, 3.8) is 0 Å². The number of fused-ring (bicyclic) bond motifs is 15. The van der Waals surface area contributed by atoms with Crippen LogP contribution in [0.3, 0.4) is 0 Å². The zero-order valence-electron chi connectivity index (χ0n) is 71.3. The third-order valence-corrected chi connectivity index (χ3v) is 25.8. The monoisotopic (exact) mass is 1680 g/mol. The lowest BCUT2D eigenvalue weighted by atomic mass is 9.98. The van der Waals surface area contributed by atoms with Crippen molar-refractivity contribution in [3.8, 4) is 102 Å². The molecule has 9 nitrogen and oxygen atoms in total. The molecule has 612 valence electrons. The topological polar surface area (TPSA) is 116 Å². The van der Waals surface area contributed by atoms with Crippen molar-refractivity contribution in [1.82, 2.24) is 44.9 Å². The summed E-state index contributed by atoms with van der Waals surface area (Å²) in [4.78, 5) is 44.3. The number of hydrogen-bond acceptors (Lipinski definition) is 9. The van der Waals surface area contributed by atoms with E-state index in [0.717, 1.165) is 117 Å². The van der Waals surface area contributed by atoms with Crippen molar-refractivity contribution in [3.05, 3.63) is 455 Å². The van der Waals surface area contributed by atoms with Gasteiger partial charge in [0.25, 0.3) is 0 Å². The Kier molecular flexibility index (Phi) is 18.7. The average molecular weight is 1680 g/mol. The summed E-state index contributed by atoms with van der Waals surface area (Å²) in [6.45, 7) is 0. The van der Waals surface area contributed by atoms with Crippen molar-refractivity contribution in [2.24, 2.45) is 0 Å². The number of nitrogens with zero attached hydrogens (tertiary/aromatic N) is 9. The summed E-state index contributed by atoms with van der Waals surface area (Å²) in [5.74, 6) is 2.08. The van der Waals surface area contributed by atoms with Crippen LogP contribution in [0.5, 0.6) is 0 Å². The highest BCUT2D eigenvalue weighted by Gasteiger charge is 2.20. The minimum Gasteiger partial charge on any atom is -0.264 e. The molecule has 0 amide bonds. The van der Waals surface area contributed by atoms with Crippen LogP contribution in [0.25, 0.3) is 264 Å². The molecule has 0 atom stereocenters. The van der Waals surface area contributed by atoms with Crippen LogP contribution >= 0.6 is 0 Å². The first-order valence-corrected chi connectivity index (χ1v) is 44.5. The minimum absolute atomic E-state index is 0.683. The van der Waals surface area contributed by atoms with Gasteiger partial charge in [0, 0.05) is 91.0 Å². The van der Waals surface area contributed by atoms with E-state index in [1.807, 2.05) is 49.1 Å². The van der Waals surface area contributed by atoms with Crippen LogP contribution in [0.1, 0.15) is 0 Å².